The summed E-state index contributed by atoms with van der Waals surface area (Å²) in [5.41, 5.74) is 1.21. The summed E-state index contributed by atoms with van der Waals surface area (Å²) in [7, 11) is 1.70. The molecule has 1 atom stereocenters. The van der Waals surface area contributed by atoms with Crippen LogP contribution in [0.3, 0.4) is 0 Å². The SMILES string of the molecule is COCC(CNCC(C)C)Oc1ccc(C)cc1Br. The lowest BCUT2D eigenvalue weighted by Crippen LogP contribution is -2.36. The van der Waals surface area contributed by atoms with E-state index in [1.54, 1.807) is 7.11 Å². The zero-order valence-electron chi connectivity index (χ0n) is 12.2. The summed E-state index contributed by atoms with van der Waals surface area (Å²) in [5.74, 6) is 1.49. The molecule has 1 unspecified atom stereocenters. The maximum absolute atomic E-state index is 5.99. The fourth-order valence-corrected chi connectivity index (χ4v) is 2.32. The van der Waals surface area contributed by atoms with Crippen molar-refractivity contribution >= 4 is 15.9 Å². The molecule has 0 aromatic heterocycles. The van der Waals surface area contributed by atoms with Crippen LogP contribution in [0.25, 0.3) is 0 Å². The van der Waals surface area contributed by atoms with E-state index in [-0.39, 0.29) is 6.10 Å². The molecule has 0 spiro atoms. The van der Waals surface area contributed by atoms with Gasteiger partial charge in [-0.25, -0.2) is 0 Å². The van der Waals surface area contributed by atoms with Gasteiger partial charge < -0.3 is 14.8 Å². The molecular formula is C15H24BrNO2. The molecule has 0 saturated carbocycles. The predicted octanol–water partition coefficient (Wildman–Crippen LogP) is 3.40. The van der Waals surface area contributed by atoms with E-state index in [9.17, 15) is 0 Å². The summed E-state index contributed by atoms with van der Waals surface area (Å²) in [6.45, 7) is 8.78. The Morgan fingerprint density at radius 3 is 2.58 bits per heavy atom. The van der Waals surface area contributed by atoms with Crippen LogP contribution in [0.1, 0.15) is 19.4 Å². The van der Waals surface area contributed by atoms with E-state index >= 15 is 0 Å². The standard InChI is InChI=1S/C15H24BrNO2/c1-11(2)8-17-9-13(10-18-4)19-15-6-5-12(3)7-14(15)16/h5-7,11,13,17H,8-10H2,1-4H3. The second-order valence-corrected chi connectivity index (χ2v) is 6.04. The number of nitrogens with one attached hydrogen (secondary N) is 1. The zero-order chi connectivity index (χ0) is 14.3. The smallest absolute Gasteiger partial charge is 0.134 e. The number of hydrogen-bond acceptors (Lipinski definition) is 3. The zero-order valence-corrected chi connectivity index (χ0v) is 13.8. The van der Waals surface area contributed by atoms with Crippen LogP contribution >= 0.6 is 15.9 Å². The molecule has 108 valence electrons. The lowest BCUT2D eigenvalue weighted by atomic mass is 10.2. The molecule has 0 amide bonds. The van der Waals surface area contributed by atoms with E-state index in [1.165, 1.54) is 5.56 Å². The van der Waals surface area contributed by atoms with Crippen LogP contribution in [-0.4, -0.2) is 32.9 Å². The highest BCUT2D eigenvalue weighted by atomic mass is 79.9. The van der Waals surface area contributed by atoms with Gasteiger partial charge in [-0.1, -0.05) is 19.9 Å². The third-order valence-corrected chi connectivity index (χ3v) is 3.28. The summed E-state index contributed by atoms with van der Waals surface area (Å²) in [6.07, 6.45) is 0.0164. The van der Waals surface area contributed by atoms with Gasteiger partial charge in [0.15, 0.2) is 0 Å². The molecule has 0 bridgehead atoms. The molecule has 3 nitrogen and oxygen atoms in total. The number of rotatable bonds is 8. The Bertz CT molecular complexity index is 382. The van der Waals surface area contributed by atoms with Crippen molar-refractivity contribution in [1.29, 1.82) is 0 Å². The van der Waals surface area contributed by atoms with Crippen molar-refractivity contribution in [3.8, 4) is 5.75 Å². The molecule has 0 aliphatic heterocycles. The molecule has 4 heteroatoms. The molecule has 1 aromatic rings. The van der Waals surface area contributed by atoms with Gasteiger partial charge in [-0.05, 0) is 53.0 Å². The first-order valence-corrected chi connectivity index (χ1v) is 7.44. The van der Waals surface area contributed by atoms with Crippen LogP contribution < -0.4 is 10.1 Å². The molecule has 0 radical (unpaired) electrons. The normalized spacial score (nSPS) is 12.7. The minimum atomic E-state index is 0.0164. The third-order valence-electron chi connectivity index (χ3n) is 2.66. The lowest BCUT2D eigenvalue weighted by molar-refractivity contribution is 0.0797. The van der Waals surface area contributed by atoms with Crippen molar-refractivity contribution in [3.05, 3.63) is 28.2 Å². The van der Waals surface area contributed by atoms with Gasteiger partial charge in [0, 0.05) is 13.7 Å². The maximum Gasteiger partial charge on any atom is 0.134 e. The van der Waals surface area contributed by atoms with Crippen LogP contribution in [0, 0.1) is 12.8 Å². The van der Waals surface area contributed by atoms with Gasteiger partial charge in [0.2, 0.25) is 0 Å². The fraction of sp³-hybridized carbons (Fsp3) is 0.600. The molecule has 0 aliphatic rings. The molecule has 1 N–H and O–H groups in total. The highest BCUT2D eigenvalue weighted by Crippen LogP contribution is 2.26. The third kappa shape index (κ3) is 6.41. The van der Waals surface area contributed by atoms with Crippen molar-refractivity contribution in [2.45, 2.75) is 26.9 Å². The summed E-state index contributed by atoms with van der Waals surface area (Å²) in [5, 5.41) is 3.40. The minimum absolute atomic E-state index is 0.0164. The average Bonchev–Trinajstić information content (AvgIpc) is 2.32. The van der Waals surface area contributed by atoms with Crippen LogP contribution in [0.2, 0.25) is 0 Å². The molecule has 19 heavy (non-hydrogen) atoms. The van der Waals surface area contributed by atoms with Gasteiger partial charge in [0.25, 0.3) is 0 Å². The summed E-state index contributed by atoms with van der Waals surface area (Å²) >= 11 is 3.53. The Morgan fingerprint density at radius 2 is 2.00 bits per heavy atom. The van der Waals surface area contributed by atoms with Gasteiger partial charge in [-0.3, -0.25) is 0 Å². The monoisotopic (exact) mass is 329 g/mol. The molecular weight excluding hydrogens is 306 g/mol. The summed E-state index contributed by atoms with van der Waals surface area (Å²) in [6, 6.07) is 6.09. The van der Waals surface area contributed by atoms with Crippen molar-refractivity contribution in [1.82, 2.24) is 5.32 Å². The largest absolute Gasteiger partial charge is 0.486 e. The summed E-state index contributed by atoms with van der Waals surface area (Å²) in [4.78, 5) is 0. The van der Waals surface area contributed by atoms with Crippen molar-refractivity contribution in [2.75, 3.05) is 26.8 Å². The first kappa shape index (κ1) is 16.5. The Hall–Kier alpha value is -0.580. The first-order chi connectivity index (χ1) is 9.02. The highest BCUT2D eigenvalue weighted by Gasteiger charge is 2.12. The quantitative estimate of drug-likeness (QED) is 0.792. The highest BCUT2D eigenvalue weighted by molar-refractivity contribution is 9.10. The van der Waals surface area contributed by atoms with E-state index < -0.39 is 0 Å². The van der Waals surface area contributed by atoms with Crippen LogP contribution in [-0.2, 0) is 4.74 Å². The van der Waals surface area contributed by atoms with Crippen molar-refractivity contribution < 1.29 is 9.47 Å². The lowest BCUT2D eigenvalue weighted by Gasteiger charge is -2.20. The van der Waals surface area contributed by atoms with Crippen molar-refractivity contribution in [2.24, 2.45) is 5.92 Å². The molecule has 0 aliphatic carbocycles. The average molecular weight is 330 g/mol. The number of aryl methyl sites for hydroxylation is 1. The van der Waals surface area contributed by atoms with Gasteiger partial charge in [0.1, 0.15) is 11.9 Å². The van der Waals surface area contributed by atoms with E-state index in [2.05, 4.69) is 48.1 Å². The molecule has 0 fully saturated rings. The number of methoxy groups -OCH3 is 1. The van der Waals surface area contributed by atoms with Crippen LogP contribution in [0.5, 0.6) is 5.75 Å². The molecule has 0 heterocycles. The van der Waals surface area contributed by atoms with Crippen LogP contribution in [0.15, 0.2) is 22.7 Å². The van der Waals surface area contributed by atoms with Gasteiger partial charge in [-0.15, -0.1) is 0 Å². The molecule has 1 rings (SSSR count). The second-order valence-electron chi connectivity index (χ2n) is 5.18. The number of ether oxygens (including phenoxy) is 2. The number of halogens is 1. The number of benzene rings is 1. The van der Waals surface area contributed by atoms with E-state index in [0.29, 0.717) is 12.5 Å². The second kappa shape index (κ2) is 8.56. The fourth-order valence-electron chi connectivity index (χ4n) is 1.73. The Labute approximate surface area is 124 Å². The molecule has 0 saturated heterocycles. The van der Waals surface area contributed by atoms with Crippen molar-refractivity contribution in [3.63, 3.8) is 0 Å². The van der Waals surface area contributed by atoms with Gasteiger partial charge >= 0.3 is 0 Å². The first-order valence-electron chi connectivity index (χ1n) is 6.65. The predicted molar refractivity (Wildman–Crippen MR) is 82.9 cm³/mol. The summed E-state index contributed by atoms with van der Waals surface area (Å²) < 4.78 is 12.2. The molecule has 1 aromatic carbocycles. The van der Waals surface area contributed by atoms with E-state index in [4.69, 9.17) is 9.47 Å². The Kier molecular flexibility index (Phi) is 7.42. The van der Waals surface area contributed by atoms with E-state index in [0.717, 1.165) is 23.3 Å². The maximum atomic E-state index is 5.99. The number of hydrogen-bond donors (Lipinski definition) is 1. The van der Waals surface area contributed by atoms with Gasteiger partial charge in [-0.2, -0.15) is 0 Å². The minimum Gasteiger partial charge on any atom is -0.486 e. The van der Waals surface area contributed by atoms with E-state index in [1.807, 2.05) is 12.1 Å². The van der Waals surface area contributed by atoms with Crippen LogP contribution in [0.4, 0.5) is 0 Å². The van der Waals surface area contributed by atoms with Gasteiger partial charge in [0.05, 0.1) is 11.1 Å². The Balaban J connectivity index is 2.56. The Morgan fingerprint density at radius 1 is 1.26 bits per heavy atom. The topological polar surface area (TPSA) is 30.5 Å².